The number of carbonyl (C=O) groups excluding carboxylic acids is 1. The molecule has 0 bridgehead atoms. The average Bonchev–Trinajstić information content (AvgIpc) is 2.68. The maximum absolute atomic E-state index is 14.0. The number of amides is 1. The normalized spacial score (nSPS) is 10.3. The van der Waals surface area contributed by atoms with Crippen molar-refractivity contribution in [3.05, 3.63) is 65.2 Å². The van der Waals surface area contributed by atoms with Gasteiger partial charge in [0.15, 0.2) is 0 Å². The molecule has 0 atom stereocenters. The Morgan fingerprint density at radius 2 is 2.07 bits per heavy atom. The number of carbonyl (C=O) groups is 1. The Balaban J connectivity index is 1.73. The van der Waals surface area contributed by atoms with Crippen molar-refractivity contribution in [2.45, 2.75) is 6.61 Å². The van der Waals surface area contributed by atoms with Crippen molar-refractivity contribution < 1.29 is 18.7 Å². The zero-order valence-corrected chi connectivity index (χ0v) is 14.8. The van der Waals surface area contributed by atoms with Crippen LogP contribution < -0.4 is 14.8 Å². The van der Waals surface area contributed by atoms with Crippen LogP contribution in [0.4, 0.5) is 10.1 Å². The van der Waals surface area contributed by atoms with Gasteiger partial charge in [-0.15, -0.1) is 0 Å². The van der Waals surface area contributed by atoms with E-state index in [1.54, 1.807) is 0 Å². The summed E-state index contributed by atoms with van der Waals surface area (Å²) < 4.78 is 24.3. The van der Waals surface area contributed by atoms with E-state index >= 15 is 0 Å². The molecule has 0 saturated heterocycles. The predicted octanol–water partition coefficient (Wildman–Crippen LogP) is 2.90. The fourth-order valence-corrected chi connectivity index (χ4v) is 2.26. The lowest BCUT2D eigenvalue weighted by atomic mass is 10.2. The van der Waals surface area contributed by atoms with Crippen LogP contribution in [-0.2, 0) is 6.61 Å². The van der Waals surface area contributed by atoms with Crippen molar-refractivity contribution in [2.75, 3.05) is 12.4 Å². The third kappa shape index (κ3) is 4.85. The van der Waals surface area contributed by atoms with Gasteiger partial charge in [0.25, 0.3) is 5.91 Å². The Hall–Kier alpha value is -3.33. The maximum atomic E-state index is 14.0. The fourth-order valence-electron chi connectivity index (χ4n) is 2.09. The second-order valence-electron chi connectivity index (χ2n) is 5.16. The molecule has 0 spiro atoms. The molecule has 138 valence electrons. The molecule has 27 heavy (non-hydrogen) atoms. The van der Waals surface area contributed by atoms with Crippen LogP contribution in [-0.4, -0.2) is 33.0 Å². The molecule has 3 aromatic rings. The number of hydrogen-bond acceptors (Lipinski definition) is 7. The zero-order chi connectivity index (χ0) is 19.2. The Labute approximate surface area is 158 Å². The van der Waals surface area contributed by atoms with Gasteiger partial charge in [0.2, 0.25) is 17.0 Å². The smallest absolute Gasteiger partial charge is 0.274 e. The summed E-state index contributed by atoms with van der Waals surface area (Å²) in [6.45, 7) is -0.0819. The van der Waals surface area contributed by atoms with Crippen LogP contribution in [0.1, 0.15) is 16.1 Å². The zero-order valence-electron chi connectivity index (χ0n) is 14.0. The third-order valence-electron chi connectivity index (χ3n) is 3.34. The van der Waals surface area contributed by atoms with Crippen molar-refractivity contribution in [2.24, 2.45) is 0 Å². The van der Waals surface area contributed by atoms with Crippen LogP contribution in [0, 0.1) is 5.82 Å². The summed E-state index contributed by atoms with van der Waals surface area (Å²) in [4.78, 5) is 27.8. The second-order valence-corrected chi connectivity index (χ2v) is 5.50. The minimum atomic E-state index is -0.551. The number of hydrogen-bond donors (Lipinski definition) is 1. The number of rotatable bonds is 6. The lowest BCUT2D eigenvalue weighted by molar-refractivity contribution is 0.102. The number of ether oxygens (including phenoxy) is 2. The first-order chi connectivity index (χ1) is 13.0. The summed E-state index contributed by atoms with van der Waals surface area (Å²) >= 11 is 5.76. The van der Waals surface area contributed by atoms with Crippen LogP contribution in [0.25, 0.3) is 0 Å². The van der Waals surface area contributed by atoms with E-state index in [1.165, 1.54) is 50.0 Å². The molecule has 0 aliphatic carbocycles. The topological polar surface area (TPSA) is 99.1 Å². The molecule has 1 N–H and O–H groups in total. The van der Waals surface area contributed by atoms with Crippen LogP contribution >= 0.6 is 11.6 Å². The molecule has 0 aliphatic rings. The summed E-state index contributed by atoms with van der Waals surface area (Å²) in [6.07, 6.45) is 4.37. The molecule has 0 fully saturated rings. The summed E-state index contributed by atoms with van der Waals surface area (Å²) in [7, 11) is 1.39. The molecule has 0 saturated carbocycles. The van der Waals surface area contributed by atoms with E-state index in [0.717, 1.165) is 0 Å². The number of halogens is 2. The van der Waals surface area contributed by atoms with Gasteiger partial charge in [-0.3, -0.25) is 9.78 Å². The molecule has 1 aromatic carbocycles. The van der Waals surface area contributed by atoms with Gasteiger partial charge in [-0.25, -0.2) is 14.4 Å². The van der Waals surface area contributed by atoms with E-state index in [9.17, 15) is 9.18 Å². The largest absolute Gasteiger partial charge is 0.481 e. The van der Waals surface area contributed by atoms with Gasteiger partial charge in [0.05, 0.1) is 13.3 Å². The molecule has 8 nitrogen and oxygen atoms in total. The predicted molar refractivity (Wildman–Crippen MR) is 94.3 cm³/mol. The maximum Gasteiger partial charge on any atom is 0.274 e. The number of benzene rings is 1. The molecular weight excluding hydrogens is 377 g/mol. The molecule has 0 aliphatic heterocycles. The fraction of sp³-hybridized carbons (Fsp3) is 0.118. The van der Waals surface area contributed by atoms with E-state index in [4.69, 9.17) is 21.1 Å². The van der Waals surface area contributed by atoms with Crippen LogP contribution in [0.2, 0.25) is 5.28 Å². The molecule has 3 rings (SSSR count). The van der Waals surface area contributed by atoms with Crippen molar-refractivity contribution >= 4 is 23.2 Å². The van der Waals surface area contributed by atoms with Crippen LogP contribution in [0.5, 0.6) is 11.8 Å². The first-order valence-electron chi connectivity index (χ1n) is 7.62. The Morgan fingerprint density at radius 1 is 1.22 bits per heavy atom. The quantitative estimate of drug-likeness (QED) is 0.647. The summed E-state index contributed by atoms with van der Waals surface area (Å²) in [5.41, 5.74) is 0.595. The summed E-state index contributed by atoms with van der Waals surface area (Å²) in [5.74, 6) is -0.625. The summed E-state index contributed by atoms with van der Waals surface area (Å²) in [5, 5.41) is 2.48. The molecule has 0 radical (unpaired) electrons. The molecule has 2 heterocycles. The van der Waals surface area contributed by atoms with Gasteiger partial charge in [-0.2, -0.15) is 4.98 Å². The van der Waals surface area contributed by atoms with Crippen molar-refractivity contribution in [3.63, 3.8) is 0 Å². The molecular formula is C17H13ClFN5O3. The Bertz CT molecular complexity index is 959. The highest BCUT2D eigenvalue weighted by Gasteiger charge is 2.13. The number of nitrogens with zero attached hydrogens (tertiary/aromatic N) is 4. The molecule has 0 unspecified atom stereocenters. The van der Waals surface area contributed by atoms with Crippen LogP contribution in [0.3, 0.4) is 0 Å². The first kappa shape index (κ1) is 18.5. The van der Waals surface area contributed by atoms with E-state index in [0.29, 0.717) is 5.69 Å². The first-order valence-corrected chi connectivity index (χ1v) is 8.00. The van der Waals surface area contributed by atoms with Crippen molar-refractivity contribution in [1.29, 1.82) is 0 Å². The number of nitrogens with one attached hydrogen (secondary N) is 1. The second kappa shape index (κ2) is 8.37. The number of aromatic nitrogens is 4. The van der Waals surface area contributed by atoms with Gasteiger partial charge in [0, 0.05) is 29.7 Å². The van der Waals surface area contributed by atoms with E-state index in [-0.39, 0.29) is 34.9 Å². The Kier molecular flexibility index (Phi) is 5.72. The monoisotopic (exact) mass is 389 g/mol. The van der Waals surface area contributed by atoms with Gasteiger partial charge in [0.1, 0.15) is 18.1 Å². The van der Waals surface area contributed by atoms with Gasteiger partial charge in [-0.05, 0) is 29.8 Å². The lowest BCUT2D eigenvalue weighted by Gasteiger charge is -2.10. The highest BCUT2D eigenvalue weighted by molar-refractivity contribution is 6.28. The summed E-state index contributed by atoms with van der Waals surface area (Å²) in [6, 6.07) is 5.42. The lowest BCUT2D eigenvalue weighted by Crippen LogP contribution is -2.15. The van der Waals surface area contributed by atoms with Crippen molar-refractivity contribution in [1.82, 2.24) is 19.9 Å². The number of methoxy groups -OCH3 is 1. The average molecular weight is 390 g/mol. The third-order valence-corrected chi connectivity index (χ3v) is 3.50. The van der Waals surface area contributed by atoms with E-state index in [1.807, 2.05) is 0 Å². The molecule has 10 heteroatoms. The Morgan fingerprint density at radius 3 is 2.81 bits per heavy atom. The minimum absolute atomic E-state index is 0.00790. The molecule has 1 amide bonds. The standard InChI is InChI=1S/C17H13ClFN5O3/c1-26-14-7-13(23-17(18)24-14)16(25)22-11-2-3-12(19)10(6-11)9-27-15-8-20-4-5-21-15/h2-8H,9H2,1H3,(H,22,25). The van der Waals surface area contributed by atoms with E-state index in [2.05, 4.69) is 25.3 Å². The highest BCUT2D eigenvalue weighted by Crippen LogP contribution is 2.18. The van der Waals surface area contributed by atoms with Gasteiger partial charge < -0.3 is 14.8 Å². The molecule has 2 aromatic heterocycles. The van der Waals surface area contributed by atoms with E-state index < -0.39 is 11.7 Å². The number of anilines is 1. The van der Waals surface area contributed by atoms with Crippen molar-refractivity contribution in [3.8, 4) is 11.8 Å². The van der Waals surface area contributed by atoms with Crippen LogP contribution in [0.15, 0.2) is 42.9 Å². The minimum Gasteiger partial charge on any atom is -0.481 e. The highest BCUT2D eigenvalue weighted by atomic mass is 35.5. The SMILES string of the molecule is COc1cc(C(=O)Nc2ccc(F)c(COc3cnccn3)c2)nc(Cl)n1. The van der Waals surface area contributed by atoms with Gasteiger partial charge >= 0.3 is 0 Å². The van der Waals surface area contributed by atoms with Gasteiger partial charge in [-0.1, -0.05) is 0 Å².